The van der Waals surface area contributed by atoms with E-state index in [0.29, 0.717) is 0 Å². The molecule has 16 heavy (non-hydrogen) atoms. The topological polar surface area (TPSA) is 24.4 Å². The van der Waals surface area contributed by atoms with Gasteiger partial charge in [-0.3, -0.25) is 5.43 Å². The van der Waals surface area contributed by atoms with E-state index in [9.17, 15) is 0 Å². The summed E-state index contributed by atoms with van der Waals surface area (Å²) in [5, 5.41) is 3.95. The van der Waals surface area contributed by atoms with Gasteiger partial charge in [0, 0.05) is 6.21 Å². The molecule has 0 unspecified atom stereocenters. The minimum absolute atomic E-state index is 1.05. The maximum absolute atomic E-state index is 3.95. The zero-order valence-electron chi connectivity index (χ0n) is 9.01. The third-order valence-electron chi connectivity index (χ3n) is 2.24. The second kappa shape index (κ2) is 5.71. The molecule has 2 nitrogen and oxygen atoms in total. The van der Waals surface area contributed by atoms with E-state index in [4.69, 9.17) is 0 Å². The number of hydrazone groups is 1. The predicted octanol–water partition coefficient (Wildman–Crippen LogP) is 3.61. The lowest BCUT2D eigenvalue weighted by Gasteiger charge is -2.00. The fourth-order valence-corrected chi connectivity index (χ4v) is 1.43. The number of nitrogens with zero attached hydrogens (tertiary/aromatic N) is 1. The Morgan fingerprint density at radius 2 is 1.81 bits per heavy atom. The second-order valence-electron chi connectivity index (χ2n) is 3.43. The summed E-state index contributed by atoms with van der Waals surface area (Å²) >= 11 is 0. The van der Waals surface area contributed by atoms with Crippen LogP contribution in [0.25, 0.3) is 6.08 Å². The van der Waals surface area contributed by atoms with Crippen molar-refractivity contribution in [2.45, 2.75) is 6.42 Å². The first-order valence-electron chi connectivity index (χ1n) is 5.33. The molecule has 0 saturated carbocycles. The van der Waals surface area contributed by atoms with Crippen molar-refractivity contribution in [1.29, 1.82) is 0 Å². The molecule has 2 aliphatic rings. The van der Waals surface area contributed by atoms with Gasteiger partial charge in [0.2, 0.25) is 0 Å². The summed E-state index contributed by atoms with van der Waals surface area (Å²) < 4.78 is 0. The van der Waals surface area contributed by atoms with Crippen LogP contribution in [-0.4, -0.2) is 6.21 Å². The summed E-state index contributed by atoms with van der Waals surface area (Å²) in [5.41, 5.74) is 5.16. The van der Waals surface area contributed by atoms with Crippen LogP contribution in [-0.2, 0) is 0 Å². The third-order valence-corrected chi connectivity index (χ3v) is 2.24. The van der Waals surface area contributed by atoms with E-state index in [-0.39, 0.29) is 0 Å². The zero-order chi connectivity index (χ0) is 11.1. The van der Waals surface area contributed by atoms with E-state index in [1.807, 2.05) is 36.4 Å². The summed E-state index contributed by atoms with van der Waals surface area (Å²) in [6.45, 7) is 0. The van der Waals surface area contributed by atoms with E-state index in [1.54, 1.807) is 6.21 Å². The maximum atomic E-state index is 3.95. The highest BCUT2D eigenvalue weighted by Gasteiger charge is 1.96. The summed E-state index contributed by atoms with van der Waals surface area (Å²) in [5.74, 6) is 0. The smallest absolute Gasteiger partial charge is 0.0634 e. The van der Waals surface area contributed by atoms with Crippen LogP contribution in [0.3, 0.4) is 0 Å². The van der Waals surface area contributed by atoms with Gasteiger partial charge in [0.1, 0.15) is 0 Å². The minimum atomic E-state index is 1.05. The normalized spacial score (nSPS) is 14.8. The number of hydrogen-bond donors (Lipinski definition) is 1. The lowest BCUT2D eigenvalue weighted by Crippen LogP contribution is -1.87. The van der Waals surface area contributed by atoms with Gasteiger partial charge < -0.3 is 0 Å². The Hall–Kier alpha value is -2.09. The SMILES string of the molecule is C1=CCC=C1.C1=Cc2ccccc2NN=C1. The first-order valence-corrected chi connectivity index (χ1v) is 5.33. The highest BCUT2D eigenvalue weighted by Crippen LogP contribution is 2.17. The highest BCUT2D eigenvalue weighted by atomic mass is 15.3. The molecular formula is C14H14N2. The lowest BCUT2D eigenvalue weighted by atomic mass is 10.2. The maximum Gasteiger partial charge on any atom is 0.0634 e. The number of para-hydroxylation sites is 1. The molecule has 80 valence electrons. The summed E-state index contributed by atoms with van der Waals surface area (Å²) in [7, 11) is 0. The summed E-state index contributed by atoms with van der Waals surface area (Å²) in [4.78, 5) is 0. The number of rotatable bonds is 0. The van der Waals surface area contributed by atoms with Gasteiger partial charge >= 0.3 is 0 Å². The average molecular weight is 210 g/mol. The fourth-order valence-electron chi connectivity index (χ4n) is 1.43. The van der Waals surface area contributed by atoms with Gasteiger partial charge in [-0.2, -0.15) is 5.10 Å². The Morgan fingerprint density at radius 1 is 1.00 bits per heavy atom. The predicted molar refractivity (Wildman–Crippen MR) is 70.5 cm³/mol. The fraction of sp³-hybridized carbons (Fsp3) is 0.0714. The Morgan fingerprint density at radius 3 is 2.56 bits per heavy atom. The number of hydrogen-bond acceptors (Lipinski definition) is 2. The van der Waals surface area contributed by atoms with Crippen molar-refractivity contribution in [1.82, 2.24) is 0 Å². The third kappa shape index (κ3) is 2.95. The first-order chi connectivity index (χ1) is 7.97. The van der Waals surface area contributed by atoms with Crippen LogP contribution in [0.4, 0.5) is 5.69 Å². The monoisotopic (exact) mass is 210 g/mol. The first kappa shape index (κ1) is 10.4. The standard InChI is InChI=1S/C9H8N2.C5H6/c1-2-6-9-8(4-1)5-3-7-10-11-9;1-2-4-5-3-1/h1-7,11H;1-4H,5H2. The van der Waals surface area contributed by atoms with Gasteiger partial charge in [0.25, 0.3) is 0 Å². The van der Waals surface area contributed by atoms with Crippen molar-refractivity contribution in [2.24, 2.45) is 5.10 Å². The molecule has 1 aromatic rings. The van der Waals surface area contributed by atoms with Crippen LogP contribution in [0, 0.1) is 0 Å². The van der Waals surface area contributed by atoms with E-state index in [2.05, 4.69) is 34.8 Å². The van der Waals surface area contributed by atoms with Crippen LogP contribution < -0.4 is 5.43 Å². The number of fused-ring (bicyclic) bond motifs is 1. The van der Waals surface area contributed by atoms with Gasteiger partial charge in [-0.25, -0.2) is 0 Å². The van der Waals surface area contributed by atoms with Gasteiger partial charge in [-0.05, 0) is 24.1 Å². The van der Waals surface area contributed by atoms with Crippen molar-refractivity contribution >= 4 is 18.0 Å². The molecule has 1 aliphatic heterocycles. The Kier molecular flexibility index (Phi) is 3.72. The highest BCUT2D eigenvalue weighted by molar-refractivity contribution is 5.83. The Bertz CT molecular complexity index is 444. The van der Waals surface area contributed by atoms with Crippen molar-refractivity contribution in [3.63, 3.8) is 0 Å². The van der Waals surface area contributed by atoms with E-state index in [1.165, 1.54) is 5.56 Å². The van der Waals surface area contributed by atoms with Crippen LogP contribution >= 0.6 is 0 Å². The van der Waals surface area contributed by atoms with E-state index in [0.717, 1.165) is 12.1 Å². The Balaban J connectivity index is 0.000000162. The van der Waals surface area contributed by atoms with Gasteiger partial charge in [0.15, 0.2) is 0 Å². The number of anilines is 1. The van der Waals surface area contributed by atoms with E-state index >= 15 is 0 Å². The number of allylic oxidation sites excluding steroid dienone is 5. The molecule has 0 fully saturated rings. The van der Waals surface area contributed by atoms with E-state index < -0.39 is 0 Å². The molecule has 1 aromatic carbocycles. The summed E-state index contributed by atoms with van der Waals surface area (Å²) in [6, 6.07) is 8.05. The number of benzene rings is 1. The quantitative estimate of drug-likeness (QED) is 0.695. The van der Waals surface area contributed by atoms with Gasteiger partial charge in [-0.1, -0.05) is 48.6 Å². The van der Waals surface area contributed by atoms with Crippen molar-refractivity contribution < 1.29 is 0 Å². The van der Waals surface area contributed by atoms with Crippen molar-refractivity contribution in [2.75, 3.05) is 5.43 Å². The molecule has 0 spiro atoms. The van der Waals surface area contributed by atoms with Gasteiger partial charge in [0.05, 0.1) is 5.69 Å². The molecular weight excluding hydrogens is 196 g/mol. The van der Waals surface area contributed by atoms with Crippen molar-refractivity contribution in [3.8, 4) is 0 Å². The van der Waals surface area contributed by atoms with Gasteiger partial charge in [-0.15, -0.1) is 0 Å². The molecule has 0 bridgehead atoms. The number of nitrogens with one attached hydrogen (secondary N) is 1. The Labute approximate surface area is 95.7 Å². The largest absolute Gasteiger partial charge is 0.278 e. The second-order valence-corrected chi connectivity index (χ2v) is 3.43. The molecule has 0 saturated heterocycles. The molecule has 3 rings (SSSR count). The molecule has 1 heterocycles. The van der Waals surface area contributed by atoms with Crippen LogP contribution in [0.15, 0.2) is 59.7 Å². The average Bonchev–Trinajstić information content (AvgIpc) is 2.81. The molecule has 0 atom stereocenters. The molecule has 0 amide bonds. The molecule has 1 N–H and O–H groups in total. The summed E-state index contributed by atoms with van der Waals surface area (Å²) in [6.07, 6.45) is 15.2. The zero-order valence-corrected chi connectivity index (χ0v) is 9.01. The van der Waals surface area contributed by atoms with Crippen molar-refractivity contribution in [3.05, 3.63) is 60.2 Å². The van der Waals surface area contributed by atoms with Crippen LogP contribution in [0.2, 0.25) is 0 Å². The molecule has 0 radical (unpaired) electrons. The molecule has 1 aliphatic carbocycles. The molecule has 2 heteroatoms. The molecule has 0 aromatic heterocycles. The lowest BCUT2D eigenvalue weighted by molar-refractivity contribution is 1.36. The minimum Gasteiger partial charge on any atom is -0.278 e. The van der Waals surface area contributed by atoms with Crippen LogP contribution in [0.5, 0.6) is 0 Å². The van der Waals surface area contributed by atoms with Crippen LogP contribution in [0.1, 0.15) is 12.0 Å².